The summed E-state index contributed by atoms with van der Waals surface area (Å²) in [6.07, 6.45) is 3.12. The molecule has 0 fully saturated rings. The molecule has 3 nitrogen and oxygen atoms in total. The summed E-state index contributed by atoms with van der Waals surface area (Å²) in [6, 6.07) is 15.5. The highest BCUT2D eigenvalue weighted by molar-refractivity contribution is 5.94. The van der Waals surface area contributed by atoms with E-state index in [0.717, 1.165) is 5.56 Å². The Bertz CT molecular complexity index is 553. The van der Waals surface area contributed by atoms with E-state index in [4.69, 9.17) is 0 Å². The zero-order valence-electron chi connectivity index (χ0n) is 9.05. The Labute approximate surface area is 99.5 Å². The second-order valence-electron chi connectivity index (χ2n) is 3.31. The SMILES string of the molecule is O=C(NC#Cc1ccccc1)c1cccnc1. The second kappa shape index (κ2) is 5.47. The van der Waals surface area contributed by atoms with E-state index in [-0.39, 0.29) is 5.91 Å². The average molecular weight is 222 g/mol. The molecule has 0 atom stereocenters. The molecule has 1 aromatic heterocycles. The van der Waals surface area contributed by atoms with Crippen molar-refractivity contribution < 1.29 is 4.79 Å². The molecule has 1 heterocycles. The van der Waals surface area contributed by atoms with Crippen molar-refractivity contribution in [3.05, 3.63) is 66.0 Å². The molecule has 0 aliphatic carbocycles. The van der Waals surface area contributed by atoms with Gasteiger partial charge in [0.15, 0.2) is 0 Å². The lowest BCUT2D eigenvalue weighted by atomic mass is 10.2. The number of carbonyl (C=O) groups is 1. The number of hydrogen-bond donors (Lipinski definition) is 1. The maximum absolute atomic E-state index is 11.6. The van der Waals surface area contributed by atoms with Crippen LogP contribution < -0.4 is 5.32 Å². The molecule has 0 saturated heterocycles. The van der Waals surface area contributed by atoms with Crippen LogP contribution in [0.2, 0.25) is 0 Å². The van der Waals surface area contributed by atoms with Gasteiger partial charge in [0.1, 0.15) is 0 Å². The van der Waals surface area contributed by atoms with Crippen molar-refractivity contribution in [2.75, 3.05) is 0 Å². The van der Waals surface area contributed by atoms with Crippen molar-refractivity contribution in [3.8, 4) is 12.0 Å². The smallest absolute Gasteiger partial charge is 0.264 e. The molecule has 0 aliphatic heterocycles. The van der Waals surface area contributed by atoms with Gasteiger partial charge in [-0.3, -0.25) is 15.1 Å². The molecule has 0 radical (unpaired) electrons. The van der Waals surface area contributed by atoms with Gasteiger partial charge >= 0.3 is 0 Å². The molecular weight excluding hydrogens is 212 g/mol. The Hall–Kier alpha value is -2.60. The van der Waals surface area contributed by atoms with Gasteiger partial charge in [0.2, 0.25) is 0 Å². The van der Waals surface area contributed by atoms with Crippen LogP contribution in [0.5, 0.6) is 0 Å². The largest absolute Gasteiger partial charge is 0.281 e. The highest BCUT2D eigenvalue weighted by Gasteiger charge is 2.01. The number of carbonyl (C=O) groups excluding carboxylic acids is 1. The second-order valence-corrected chi connectivity index (χ2v) is 3.31. The molecule has 0 aliphatic rings. The van der Waals surface area contributed by atoms with Crippen LogP contribution in [0.1, 0.15) is 15.9 Å². The van der Waals surface area contributed by atoms with Crippen LogP contribution in [0, 0.1) is 12.0 Å². The van der Waals surface area contributed by atoms with E-state index in [1.165, 1.54) is 6.20 Å². The van der Waals surface area contributed by atoms with Gasteiger partial charge in [-0.1, -0.05) is 18.2 Å². The molecule has 17 heavy (non-hydrogen) atoms. The standard InChI is InChI=1S/C14H10N2O/c17-14(13-7-4-9-15-11-13)16-10-8-12-5-2-1-3-6-12/h1-7,9,11H,(H,16,17). The summed E-state index contributed by atoms with van der Waals surface area (Å²) >= 11 is 0. The van der Waals surface area contributed by atoms with Crippen LogP contribution in [0.4, 0.5) is 0 Å². The lowest BCUT2D eigenvalue weighted by Gasteiger charge is -1.95. The summed E-state index contributed by atoms with van der Waals surface area (Å²) in [6.45, 7) is 0. The van der Waals surface area contributed by atoms with Gasteiger partial charge in [0.05, 0.1) is 5.56 Å². The number of nitrogens with one attached hydrogen (secondary N) is 1. The Kier molecular flexibility index (Phi) is 3.51. The number of pyridine rings is 1. The molecule has 3 heteroatoms. The zero-order valence-corrected chi connectivity index (χ0v) is 9.05. The molecular formula is C14H10N2O. The monoisotopic (exact) mass is 222 g/mol. The third kappa shape index (κ3) is 3.18. The lowest BCUT2D eigenvalue weighted by molar-refractivity contribution is 0.0973. The van der Waals surface area contributed by atoms with Crippen LogP contribution in [0.25, 0.3) is 0 Å². The third-order valence-electron chi connectivity index (χ3n) is 2.08. The average Bonchev–Trinajstić information content (AvgIpc) is 2.41. The van der Waals surface area contributed by atoms with Gasteiger partial charge in [-0.25, -0.2) is 0 Å². The molecule has 2 aromatic rings. The normalized spacial score (nSPS) is 8.94. The first kappa shape index (κ1) is 10.9. The summed E-state index contributed by atoms with van der Waals surface area (Å²) in [5, 5.41) is 2.51. The van der Waals surface area contributed by atoms with E-state index >= 15 is 0 Å². The number of aromatic nitrogens is 1. The van der Waals surface area contributed by atoms with E-state index in [1.54, 1.807) is 18.3 Å². The van der Waals surface area contributed by atoms with Gasteiger partial charge in [-0.15, -0.1) is 0 Å². The Morgan fingerprint density at radius 2 is 1.94 bits per heavy atom. The maximum Gasteiger partial charge on any atom is 0.264 e. The maximum atomic E-state index is 11.6. The molecule has 1 amide bonds. The third-order valence-corrected chi connectivity index (χ3v) is 2.08. The van der Waals surface area contributed by atoms with Gasteiger partial charge in [-0.2, -0.15) is 0 Å². The van der Waals surface area contributed by atoms with Crippen molar-refractivity contribution in [3.63, 3.8) is 0 Å². The molecule has 0 bridgehead atoms. The van der Waals surface area contributed by atoms with Gasteiger partial charge in [0.25, 0.3) is 5.91 Å². The molecule has 0 unspecified atom stereocenters. The van der Waals surface area contributed by atoms with Crippen LogP contribution >= 0.6 is 0 Å². The molecule has 1 N–H and O–H groups in total. The van der Waals surface area contributed by atoms with Crippen molar-refractivity contribution >= 4 is 5.91 Å². The summed E-state index contributed by atoms with van der Waals surface area (Å²) in [5.74, 6) is 2.59. The van der Waals surface area contributed by atoms with Crippen molar-refractivity contribution in [1.82, 2.24) is 10.3 Å². The van der Waals surface area contributed by atoms with Gasteiger partial charge < -0.3 is 0 Å². The van der Waals surface area contributed by atoms with Crippen LogP contribution in [-0.2, 0) is 0 Å². The fraction of sp³-hybridized carbons (Fsp3) is 0. The Morgan fingerprint density at radius 3 is 2.65 bits per heavy atom. The number of nitrogens with zero attached hydrogens (tertiary/aromatic N) is 1. The van der Waals surface area contributed by atoms with Crippen molar-refractivity contribution in [2.24, 2.45) is 0 Å². The first-order valence-electron chi connectivity index (χ1n) is 5.13. The fourth-order valence-corrected chi connectivity index (χ4v) is 1.25. The van der Waals surface area contributed by atoms with E-state index in [0.29, 0.717) is 5.56 Å². The Balaban J connectivity index is 2.00. The van der Waals surface area contributed by atoms with Crippen LogP contribution in [0.15, 0.2) is 54.9 Å². The molecule has 2 rings (SSSR count). The molecule has 0 spiro atoms. The number of benzene rings is 1. The highest BCUT2D eigenvalue weighted by Crippen LogP contribution is 1.95. The highest BCUT2D eigenvalue weighted by atomic mass is 16.1. The predicted molar refractivity (Wildman–Crippen MR) is 65.0 cm³/mol. The minimum atomic E-state index is -0.249. The lowest BCUT2D eigenvalue weighted by Crippen LogP contribution is -2.17. The minimum Gasteiger partial charge on any atom is -0.281 e. The quantitative estimate of drug-likeness (QED) is 0.590. The molecule has 82 valence electrons. The predicted octanol–water partition coefficient (Wildman–Crippen LogP) is 1.82. The number of rotatable bonds is 1. The molecule has 1 aromatic carbocycles. The molecule has 0 saturated carbocycles. The number of hydrogen-bond acceptors (Lipinski definition) is 2. The summed E-state index contributed by atoms with van der Waals surface area (Å²) < 4.78 is 0. The van der Waals surface area contributed by atoms with E-state index < -0.39 is 0 Å². The van der Waals surface area contributed by atoms with E-state index in [9.17, 15) is 4.79 Å². The first-order chi connectivity index (χ1) is 8.36. The zero-order chi connectivity index (χ0) is 11.9. The summed E-state index contributed by atoms with van der Waals surface area (Å²) in [7, 11) is 0. The van der Waals surface area contributed by atoms with Crippen molar-refractivity contribution in [2.45, 2.75) is 0 Å². The van der Waals surface area contributed by atoms with Crippen LogP contribution in [0.3, 0.4) is 0 Å². The fourth-order valence-electron chi connectivity index (χ4n) is 1.25. The van der Waals surface area contributed by atoms with Crippen molar-refractivity contribution in [1.29, 1.82) is 0 Å². The number of amides is 1. The summed E-state index contributed by atoms with van der Waals surface area (Å²) in [5.41, 5.74) is 1.36. The van der Waals surface area contributed by atoms with Gasteiger partial charge in [-0.05, 0) is 30.2 Å². The van der Waals surface area contributed by atoms with Crippen LogP contribution in [-0.4, -0.2) is 10.9 Å². The first-order valence-corrected chi connectivity index (χ1v) is 5.13. The minimum absolute atomic E-state index is 0.249. The Morgan fingerprint density at radius 1 is 1.12 bits per heavy atom. The van der Waals surface area contributed by atoms with Gasteiger partial charge in [0, 0.05) is 24.0 Å². The van der Waals surface area contributed by atoms with E-state index in [2.05, 4.69) is 22.3 Å². The van der Waals surface area contributed by atoms with E-state index in [1.807, 2.05) is 30.3 Å². The summed E-state index contributed by atoms with van der Waals surface area (Å²) in [4.78, 5) is 15.4. The topological polar surface area (TPSA) is 42.0 Å².